The van der Waals surface area contributed by atoms with Gasteiger partial charge in [0.05, 0.1) is 6.10 Å². The molecule has 66 valence electrons. The normalized spacial score (nSPS) is 23.2. The van der Waals surface area contributed by atoms with E-state index in [2.05, 4.69) is 0 Å². The first kappa shape index (κ1) is 9.01. The van der Waals surface area contributed by atoms with Gasteiger partial charge in [-0.15, -0.1) is 0 Å². The summed E-state index contributed by atoms with van der Waals surface area (Å²) >= 11 is 0. The van der Waals surface area contributed by atoms with Crippen LogP contribution in [0.4, 0.5) is 0 Å². The molecule has 1 unspecified atom stereocenters. The molecule has 0 bridgehead atoms. The van der Waals surface area contributed by atoms with Gasteiger partial charge in [0, 0.05) is 13.7 Å². The van der Waals surface area contributed by atoms with E-state index in [1.807, 2.05) is 6.92 Å². The molecule has 0 heterocycles. The number of methoxy groups -OCH3 is 1. The van der Waals surface area contributed by atoms with Gasteiger partial charge in [-0.2, -0.15) is 0 Å². The first-order valence-corrected chi connectivity index (χ1v) is 4.38. The fourth-order valence-corrected chi connectivity index (χ4v) is 1.61. The van der Waals surface area contributed by atoms with E-state index in [1.54, 1.807) is 7.11 Å². The average Bonchev–Trinajstić information content (AvgIpc) is 2.70. The Labute approximate surface area is 68.6 Å². The molecule has 0 spiro atoms. The molecule has 2 nitrogen and oxygen atoms in total. The summed E-state index contributed by atoms with van der Waals surface area (Å²) in [6.45, 7) is 2.73. The van der Waals surface area contributed by atoms with Crippen LogP contribution in [0.1, 0.15) is 32.6 Å². The van der Waals surface area contributed by atoms with Gasteiger partial charge in [-0.25, -0.2) is 0 Å². The van der Waals surface area contributed by atoms with Crippen molar-refractivity contribution in [2.75, 3.05) is 13.7 Å². The van der Waals surface area contributed by atoms with E-state index in [9.17, 15) is 5.11 Å². The Balaban J connectivity index is 2.14. The zero-order valence-corrected chi connectivity index (χ0v) is 7.47. The van der Waals surface area contributed by atoms with Crippen molar-refractivity contribution in [3.63, 3.8) is 0 Å². The molecule has 1 saturated carbocycles. The summed E-state index contributed by atoms with van der Waals surface area (Å²) in [6.07, 6.45) is 4.49. The molecular formula is C9H18O2. The predicted octanol–water partition coefficient (Wildman–Crippen LogP) is 1.57. The van der Waals surface area contributed by atoms with Gasteiger partial charge in [0.2, 0.25) is 0 Å². The summed E-state index contributed by atoms with van der Waals surface area (Å²) in [5.41, 5.74) is 0.276. The molecule has 1 aliphatic carbocycles. The van der Waals surface area contributed by atoms with Crippen molar-refractivity contribution >= 4 is 0 Å². The molecule has 0 aromatic heterocycles. The van der Waals surface area contributed by atoms with Gasteiger partial charge < -0.3 is 9.84 Å². The van der Waals surface area contributed by atoms with Crippen LogP contribution in [0.5, 0.6) is 0 Å². The summed E-state index contributed by atoms with van der Waals surface area (Å²) in [5, 5.41) is 9.40. The molecule has 0 amide bonds. The van der Waals surface area contributed by atoms with Crippen molar-refractivity contribution in [2.45, 2.75) is 38.7 Å². The molecule has 11 heavy (non-hydrogen) atoms. The summed E-state index contributed by atoms with van der Waals surface area (Å²) in [6, 6.07) is 0. The topological polar surface area (TPSA) is 29.5 Å². The molecule has 0 aromatic rings. The van der Waals surface area contributed by atoms with Gasteiger partial charge in [-0.05, 0) is 38.0 Å². The van der Waals surface area contributed by atoms with Gasteiger partial charge in [0.25, 0.3) is 0 Å². The van der Waals surface area contributed by atoms with E-state index in [4.69, 9.17) is 4.74 Å². The second-order valence-electron chi connectivity index (χ2n) is 3.63. The lowest BCUT2D eigenvalue weighted by molar-refractivity contribution is 0.0941. The molecule has 1 aliphatic rings. The number of rotatable bonds is 5. The third-order valence-corrected chi connectivity index (χ3v) is 2.80. The van der Waals surface area contributed by atoms with Crippen LogP contribution in [0.25, 0.3) is 0 Å². The predicted molar refractivity (Wildman–Crippen MR) is 44.5 cm³/mol. The molecular weight excluding hydrogens is 140 g/mol. The summed E-state index contributed by atoms with van der Waals surface area (Å²) < 4.78 is 4.96. The first-order chi connectivity index (χ1) is 5.21. The van der Waals surface area contributed by atoms with Crippen LogP contribution in [0.2, 0.25) is 0 Å². The highest BCUT2D eigenvalue weighted by Gasteiger charge is 2.45. The third kappa shape index (κ3) is 2.17. The van der Waals surface area contributed by atoms with Crippen LogP contribution in [0.3, 0.4) is 0 Å². The van der Waals surface area contributed by atoms with E-state index in [0.29, 0.717) is 0 Å². The van der Waals surface area contributed by atoms with Gasteiger partial charge >= 0.3 is 0 Å². The van der Waals surface area contributed by atoms with Gasteiger partial charge in [0.15, 0.2) is 0 Å². The van der Waals surface area contributed by atoms with Crippen LogP contribution in [0.15, 0.2) is 0 Å². The molecule has 0 radical (unpaired) electrons. The fraction of sp³-hybridized carbons (Fsp3) is 1.00. The zero-order valence-electron chi connectivity index (χ0n) is 7.47. The minimum atomic E-state index is -0.126. The Bertz CT molecular complexity index is 117. The molecule has 0 aromatic carbocycles. The zero-order chi connectivity index (χ0) is 8.32. The maximum atomic E-state index is 9.40. The lowest BCUT2D eigenvalue weighted by Crippen LogP contribution is -2.18. The smallest absolute Gasteiger partial charge is 0.0568 e. The monoisotopic (exact) mass is 158 g/mol. The number of aliphatic hydroxyl groups excluding tert-OH is 1. The summed E-state index contributed by atoms with van der Waals surface area (Å²) in [7, 11) is 1.72. The maximum absolute atomic E-state index is 9.40. The van der Waals surface area contributed by atoms with Crippen LogP contribution >= 0.6 is 0 Å². The standard InChI is InChI=1S/C9H18O2/c1-8(10)9(5-6-9)4-3-7-11-2/h8,10H,3-7H2,1-2H3. The molecule has 1 rings (SSSR count). The largest absolute Gasteiger partial charge is 0.393 e. The number of ether oxygens (including phenoxy) is 1. The van der Waals surface area contributed by atoms with Crippen molar-refractivity contribution in [2.24, 2.45) is 5.41 Å². The molecule has 1 atom stereocenters. The van der Waals surface area contributed by atoms with Crippen molar-refractivity contribution in [1.29, 1.82) is 0 Å². The van der Waals surface area contributed by atoms with E-state index in [1.165, 1.54) is 12.8 Å². The second-order valence-corrected chi connectivity index (χ2v) is 3.63. The Morgan fingerprint density at radius 1 is 1.55 bits per heavy atom. The van der Waals surface area contributed by atoms with E-state index < -0.39 is 0 Å². The highest BCUT2D eigenvalue weighted by Crippen LogP contribution is 2.52. The van der Waals surface area contributed by atoms with Crippen LogP contribution in [0, 0.1) is 5.41 Å². The second kappa shape index (κ2) is 3.55. The molecule has 2 heteroatoms. The van der Waals surface area contributed by atoms with Crippen molar-refractivity contribution in [3.8, 4) is 0 Å². The van der Waals surface area contributed by atoms with E-state index in [0.717, 1.165) is 19.4 Å². The lowest BCUT2D eigenvalue weighted by Gasteiger charge is -2.17. The van der Waals surface area contributed by atoms with E-state index >= 15 is 0 Å². The summed E-state index contributed by atoms with van der Waals surface area (Å²) in [4.78, 5) is 0. The first-order valence-electron chi connectivity index (χ1n) is 4.38. The fourth-order valence-electron chi connectivity index (χ4n) is 1.61. The van der Waals surface area contributed by atoms with Crippen molar-refractivity contribution < 1.29 is 9.84 Å². The molecule has 1 N–H and O–H groups in total. The van der Waals surface area contributed by atoms with E-state index in [-0.39, 0.29) is 11.5 Å². The third-order valence-electron chi connectivity index (χ3n) is 2.80. The van der Waals surface area contributed by atoms with Crippen LogP contribution < -0.4 is 0 Å². The van der Waals surface area contributed by atoms with Crippen LogP contribution in [-0.2, 0) is 4.74 Å². The molecule has 1 fully saturated rings. The highest BCUT2D eigenvalue weighted by molar-refractivity contribution is 4.96. The minimum absolute atomic E-state index is 0.126. The Kier molecular flexibility index (Phi) is 2.90. The Morgan fingerprint density at radius 3 is 2.55 bits per heavy atom. The quantitative estimate of drug-likeness (QED) is 0.615. The maximum Gasteiger partial charge on any atom is 0.0568 e. The average molecular weight is 158 g/mol. The van der Waals surface area contributed by atoms with Gasteiger partial charge in [-0.1, -0.05) is 0 Å². The Hall–Kier alpha value is -0.0800. The molecule has 0 saturated heterocycles. The highest BCUT2D eigenvalue weighted by atomic mass is 16.5. The Morgan fingerprint density at radius 2 is 2.18 bits per heavy atom. The summed E-state index contributed by atoms with van der Waals surface area (Å²) in [5.74, 6) is 0. The number of aliphatic hydroxyl groups is 1. The number of hydrogen-bond acceptors (Lipinski definition) is 2. The SMILES string of the molecule is COCCCC1(C(C)O)CC1. The van der Waals surface area contributed by atoms with Crippen LogP contribution in [-0.4, -0.2) is 24.9 Å². The van der Waals surface area contributed by atoms with Gasteiger partial charge in [-0.3, -0.25) is 0 Å². The van der Waals surface area contributed by atoms with Crippen molar-refractivity contribution in [3.05, 3.63) is 0 Å². The van der Waals surface area contributed by atoms with Gasteiger partial charge in [0.1, 0.15) is 0 Å². The van der Waals surface area contributed by atoms with Crippen molar-refractivity contribution in [1.82, 2.24) is 0 Å². The number of hydrogen-bond donors (Lipinski definition) is 1. The molecule has 0 aliphatic heterocycles. The lowest BCUT2D eigenvalue weighted by atomic mass is 9.95. The minimum Gasteiger partial charge on any atom is -0.393 e.